The molecule has 1 aromatic heterocycles. The molecular weight excluding hydrogens is 1840 g/mol. The summed E-state index contributed by atoms with van der Waals surface area (Å²) in [5, 5.41) is 0. The number of thioether (sulfide) groups is 7. The van der Waals surface area contributed by atoms with E-state index >= 15 is 0 Å². The average molecular weight is 1920 g/mol. The lowest BCUT2D eigenvalue weighted by molar-refractivity contribution is -0.138. The van der Waals surface area contributed by atoms with Crippen molar-refractivity contribution in [2.24, 2.45) is 0 Å². The van der Waals surface area contributed by atoms with Crippen LogP contribution in [0.1, 0.15) is 104 Å². The molecular formula is C90H78F7NS19. The Morgan fingerprint density at radius 3 is 1.14 bits per heavy atom. The van der Waals surface area contributed by atoms with Crippen LogP contribution < -0.4 is 0 Å². The van der Waals surface area contributed by atoms with Gasteiger partial charge in [0.2, 0.25) is 0 Å². The van der Waals surface area contributed by atoms with Crippen LogP contribution in [0.4, 0.5) is 30.7 Å². The van der Waals surface area contributed by atoms with E-state index in [1.165, 1.54) is 137 Å². The molecule has 0 saturated carbocycles. The number of rotatable bonds is 12. The second kappa shape index (κ2) is 47.5. The van der Waals surface area contributed by atoms with Crippen molar-refractivity contribution in [2.45, 2.75) is 60.3 Å². The molecule has 8 aliphatic heterocycles. The average Bonchev–Trinajstić information content (AvgIpc) is 1.66. The van der Waals surface area contributed by atoms with E-state index in [-0.39, 0.29) is 5.82 Å². The molecule has 0 fully saturated rings. The van der Waals surface area contributed by atoms with Gasteiger partial charge in [0.1, 0.15) is 5.82 Å². The Morgan fingerprint density at radius 2 is 0.752 bits per heavy atom. The first-order chi connectivity index (χ1) is 56.0. The van der Waals surface area contributed by atoms with Gasteiger partial charge in [-0.2, -0.15) is 26.3 Å². The molecule has 0 spiro atoms. The summed E-state index contributed by atoms with van der Waals surface area (Å²) in [5.41, 5.74) is 17.0. The van der Waals surface area contributed by atoms with Gasteiger partial charge in [-0.3, -0.25) is 4.98 Å². The van der Waals surface area contributed by atoms with Crippen molar-refractivity contribution in [3.05, 3.63) is 355 Å². The molecule has 0 bridgehead atoms. The summed E-state index contributed by atoms with van der Waals surface area (Å²) < 4.78 is 91.5. The summed E-state index contributed by atoms with van der Waals surface area (Å²) in [4.78, 5) is 18.2. The summed E-state index contributed by atoms with van der Waals surface area (Å²) in [6, 6.07) is 62.9. The molecule has 16 rings (SSSR count). The molecule has 9 heterocycles. The van der Waals surface area contributed by atoms with E-state index in [4.69, 9.17) is 61.1 Å². The van der Waals surface area contributed by atoms with Crippen molar-refractivity contribution < 1.29 is 30.7 Å². The Hall–Kier alpha value is -4.31. The number of alkyl halides is 6. The van der Waals surface area contributed by atoms with Crippen LogP contribution >= 0.6 is 221 Å². The van der Waals surface area contributed by atoms with Gasteiger partial charge in [0.15, 0.2) is 0 Å². The maximum Gasteiger partial charge on any atom is 0.416 e. The minimum Gasteiger partial charge on any atom is -0.264 e. The lowest BCUT2D eigenvalue weighted by Gasteiger charge is -2.09. The Morgan fingerprint density at radius 1 is 0.393 bits per heavy atom. The zero-order chi connectivity index (χ0) is 84.5. The lowest BCUT2D eigenvalue weighted by Crippen LogP contribution is -2.04. The first-order valence-corrected chi connectivity index (χ1v) is 51.9. The van der Waals surface area contributed by atoms with Gasteiger partial charge in [-0.25, -0.2) is 4.39 Å². The predicted molar refractivity (Wildman–Crippen MR) is 547 cm³/mol. The molecule has 1 nitrogen and oxygen atoms in total. The zero-order valence-corrected chi connectivity index (χ0v) is 79.8. The monoisotopic (exact) mass is 1910 g/mol. The van der Waals surface area contributed by atoms with E-state index in [0.717, 1.165) is 125 Å². The standard InChI is InChI=1S/2C12H9F3S2.C12H12S3.C11H9FS2.C11H11NS2.C11H10S3.C11H10S2.C10H8S3/c1-7-10(16)6-17-11(7)8-2-4-9(5-3-8)12(13,14)15;1-7-10(16)6-17-11(7)8-3-2-4-9(5-8)12(13,14)15;1-3-13-12-11(9(2)14-15-12)10-7-5-4-6-8-10;1-7-10(13)6-14-11(7)8-2-4-9(12)5-3-8;1-2-9-10(13)7-14-11(9)8-4-3-5-12-6-8;1-8-10(11(12-2)14-13-8)9-6-4-3-5-7-9;1-8-10(12)7-13-11(8)9-5-3-2-4-6-9;1-7-9(10(11)13-12-7)8-5-3-2-4-6-8/h2*2-5H,6H2,1H3;4-8H,2-3H2,1H3;2-5H,6H2,1H3;3-6H,2,7H2,1H3;3-7H,1H2,2H3;2-6H,7H2,1H3;2-6,11H,1H2. The Labute approximate surface area is 769 Å². The van der Waals surface area contributed by atoms with Crippen LogP contribution in [0.5, 0.6) is 0 Å². The minimum atomic E-state index is -4.30. The summed E-state index contributed by atoms with van der Waals surface area (Å²) in [6.45, 7) is 24.5. The van der Waals surface area contributed by atoms with E-state index < -0.39 is 23.5 Å². The number of allylic oxidation sites excluding steroid dienone is 8. The number of hydrogen-bond acceptors (Lipinski definition) is 20. The highest BCUT2D eigenvalue weighted by molar-refractivity contribution is 8.83. The number of thiocarbonyl (C=S) groups is 5. The summed E-state index contributed by atoms with van der Waals surface area (Å²) in [7, 11) is 10.5. The van der Waals surface area contributed by atoms with E-state index in [0.29, 0.717) is 11.3 Å². The number of benzene rings is 7. The second-order valence-electron chi connectivity index (χ2n) is 25.3. The number of halogens is 7. The molecule has 0 atom stereocenters. The van der Waals surface area contributed by atoms with E-state index in [1.54, 1.807) is 103 Å². The molecule has 0 radical (unpaired) electrons. The molecule has 0 unspecified atom stereocenters. The first-order valence-electron chi connectivity index (χ1n) is 35.8. The number of pyridine rings is 1. The third-order valence-electron chi connectivity index (χ3n) is 17.5. The molecule has 0 saturated heterocycles. The van der Waals surface area contributed by atoms with Gasteiger partial charge in [-0.05, 0) is 188 Å². The largest absolute Gasteiger partial charge is 0.416 e. The number of thiol groups is 1. The molecule has 0 N–H and O–H groups in total. The van der Waals surface area contributed by atoms with Crippen molar-refractivity contribution in [3.8, 4) is 0 Å². The van der Waals surface area contributed by atoms with Gasteiger partial charge >= 0.3 is 12.4 Å². The topological polar surface area (TPSA) is 12.9 Å². The Kier molecular flexibility index (Phi) is 39.2. The number of aromatic nitrogens is 1. The third kappa shape index (κ3) is 27.6. The van der Waals surface area contributed by atoms with Crippen LogP contribution in [0.2, 0.25) is 0 Å². The SMILES string of the molecule is C=C1SSC(S)=C1c1ccccc1.C=C1SSC(SC)=C1c1ccccc1.C=C1SSC(SCC)=C1c1ccccc1.CC1=C(c2ccc(C(F)(F)F)cc2)SCC1=S.CC1=C(c2ccc(F)cc2)SCC1=S.CC1=C(c2cccc(C(F)(F)F)c2)SCC1=S.CC1=C(c2ccccc2)SCC1=S.CCC1=C(c2cccnc2)SCC1=S. The van der Waals surface area contributed by atoms with Gasteiger partial charge in [-0.15, -0.1) is 95.0 Å². The Balaban J connectivity index is 0.000000153. The maximum absolute atomic E-state index is 12.7. The van der Waals surface area contributed by atoms with E-state index in [1.807, 2.05) is 120 Å². The van der Waals surface area contributed by atoms with Crippen LogP contribution in [0.3, 0.4) is 0 Å². The van der Waals surface area contributed by atoms with Crippen LogP contribution in [-0.4, -0.2) is 70.1 Å². The van der Waals surface area contributed by atoms with Crippen molar-refractivity contribution in [1.29, 1.82) is 0 Å². The fraction of sp³-hybridized carbons (Fsp3) is 0.178. The van der Waals surface area contributed by atoms with Gasteiger partial charge in [0.05, 0.1) is 23.8 Å². The van der Waals surface area contributed by atoms with Crippen molar-refractivity contribution >= 4 is 286 Å². The van der Waals surface area contributed by atoms with Gasteiger partial charge in [0, 0.05) is 127 Å². The summed E-state index contributed by atoms with van der Waals surface area (Å²) in [6.07, 6.45) is -1.73. The molecule has 0 amide bonds. The highest BCUT2D eigenvalue weighted by Crippen LogP contribution is 2.58. The van der Waals surface area contributed by atoms with Crippen molar-refractivity contribution in [1.82, 2.24) is 4.98 Å². The van der Waals surface area contributed by atoms with Crippen molar-refractivity contribution in [2.75, 3.05) is 40.8 Å². The Bertz CT molecular complexity index is 5240. The van der Waals surface area contributed by atoms with Crippen LogP contribution in [0, 0.1) is 5.82 Å². The first kappa shape index (κ1) is 96.5. The molecule has 27 heteroatoms. The van der Waals surface area contributed by atoms with Crippen LogP contribution in [-0.2, 0) is 12.4 Å². The zero-order valence-electron chi connectivity index (χ0n) is 64.2. The van der Waals surface area contributed by atoms with E-state index in [9.17, 15) is 30.7 Å². The third-order valence-corrected chi connectivity index (χ3v) is 37.6. The lowest BCUT2D eigenvalue weighted by atomic mass is 10.1. The molecule has 8 aliphatic rings. The quantitative estimate of drug-likeness (QED) is 0.0539. The smallest absolute Gasteiger partial charge is 0.264 e. The predicted octanol–water partition coefficient (Wildman–Crippen LogP) is 33.5. The second-order valence-corrected chi connectivity index (χ2v) is 42.8. The van der Waals surface area contributed by atoms with E-state index in [2.05, 4.69) is 161 Å². The normalized spacial score (nSPS) is 16.6. The summed E-state index contributed by atoms with van der Waals surface area (Å²) >= 11 is 42.6. The highest BCUT2D eigenvalue weighted by atomic mass is 33.1. The van der Waals surface area contributed by atoms with Gasteiger partial charge in [-0.1, -0.05) is 291 Å². The fourth-order valence-corrected chi connectivity index (χ4v) is 29.0. The minimum absolute atomic E-state index is 0.197. The number of nitrogens with zero attached hydrogens (tertiary/aromatic N) is 1. The molecule has 0 aliphatic carbocycles. The maximum atomic E-state index is 12.7. The molecule has 8 aromatic rings. The van der Waals surface area contributed by atoms with Gasteiger partial charge in [0.25, 0.3) is 0 Å². The fourth-order valence-electron chi connectivity index (χ4n) is 11.4. The summed E-state index contributed by atoms with van der Waals surface area (Å²) in [5.74, 6) is 5.18. The van der Waals surface area contributed by atoms with Crippen LogP contribution in [0.25, 0.3) is 41.2 Å². The highest BCUT2D eigenvalue weighted by Gasteiger charge is 2.33. The molecule has 7 aromatic carbocycles. The molecule has 606 valence electrons. The van der Waals surface area contributed by atoms with Crippen molar-refractivity contribution in [3.63, 3.8) is 0 Å². The van der Waals surface area contributed by atoms with Gasteiger partial charge < -0.3 is 0 Å². The van der Waals surface area contributed by atoms with Crippen LogP contribution in [0.15, 0.2) is 294 Å². The number of hydrogen-bond donors (Lipinski definition) is 1. The molecule has 117 heavy (non-hydrogen) atoms.